The molecule has 1 N–H and O–H groups in total. The molecule has 0 aliphatic heterocycles. The normalized spacial score (nSPS) is 9.13. The summed E-state index contributed by atoms with van der Waals surface area (Å²) < 4.78 is 6.19. The monoisotopic (exact) mass is 864 g/mol. The summed E-state index contributed by atoms with van der Waals surface area (Å²) in [6, 6.07) is 29.7. The molecule has 0 bridgehead atoms. The van der Waals surface area contributed by atoms with E-state index in [2.05, 4.69) is 52.7 Å². The first-order chi connectivity index (χ1) is 25.8. The molecule has 6 rings (SSSR count). The fourth-order valence-electron chi connectivity index (χ4n) is 4.86. The van der Waals surface area contributed by atoms with Crippen LogP contribution in [0.4, 0.5) is 0 Å². The molecule has 3 aromatic heterocycles. The number of phenolic OH excluding ortho intramolecular Hbond substituents is 1. The van der Waals surface area contributed by atoms with Gasteiger partial charge in [0.1, 0.15) is 11.3 Å². The molecule has 2 radical (unpaired) electrons. The second-order valence-corrected chi connectivity index (χ2v) is 12.0. The minimum absolute atomic E-state index is 0. The fourth-order valence-corrected chi connectivity index (χ4v) is 4.86. The smallest absolute Gasteiger partial charge is 0.872 e. The maximum atomic E-state index is 10.4. The number of phenols is 1. The van der Waals surface area contributed by atoms with Crippen LogP contribution in [-0.2, 0) is 21.1 Å². The van der Waals surface area contributed by atoms with Gasteiger partial charge in [-0.1, -0.05) is 24.3 Å². The van der Waals surface area contributed by atoms with Gasteiger partial charge in [0.2, 0.25) is 0 Å². The number of aromatic nitrogens is 6. The summed E-state index contributed by atoms with van der Waals surface area (Å²) in [6.07, 6.45) is 0. The van der Waals surface area contributed by atoms with E-state index in [0.717, 1.165) is 34.2 Å². The standard InChI is InChI=1S/C15H22BN6.3C7H5NO.CH2Cl2.Mo.NO/c1-10-7-13(4)20(17-10)16(21-14(5)8-11(2)18-21)22-15(6)9-12(3)19-22;3*8-5-6-1-3-7(9)4-2-6;2-1-3;;1-2/h7-9,16H,1-6H3;3*1-4,9H;1H2;;/q-1;;;;;+3;/p-2. The van der Waals surface area contributed by atoms with E-state index in [4.69, 9.17) is 69.9 Å². The van der Waals surface area contributed by atoms with Crippen LogP contribution in [0.25, 0.3) is 0 Å². The number of alkyl halides is 2. The van der Waals surface area contributed by atoms with Gasteiger partial charge in [0.15, 0.2) is 0 Å². The molecule has 0 aliphatic rings. The maximum absolute atomic E-state index is 10.4. The number of aromatic hydroxyl groups is 1. The van der Waals surface area contributed by atoms with Crippen molar-refractivity contribution in [1.29, 1.82) is 15.8 Å². The molecule has 0 spiro atoms. The van der Waals surface area contributed by atoms with E-state index >= 15 is 0 Å². The molecule has 0 unspecified atom stereocenters. The van der Waals surface area contributed by atoms with Crippen molar-refractivity contribution in [1.82, 2.24) is 34.7 Å². The topological polar surface area (TPSA) is 231 Å². The van der Waals surface area contributed by atoms with E-state index < -0.39 is 7.12 Å². The van der Waals surface area contributed by atoms with E-state index in [-0.39, 0.29) is 43.7 Å². The molecule has 14 nitrogen and oxygen atoms in total. The molecule has 55 heavy (non-hydrogen) atoms. The zero-order valence-corrected chi connectivity index (χ0v) is 34.4. The molecule has 3 heterocycles. The van der Waals surface area contributed by atoms with Crippen LogP contribution in [0.3, 0.4) is 0 Å². The first-order valence-electron chi connectivity index (χ1n) is 15.9. The summed E-state index contributed by atoms with van der Waals surface area (Å²) in [5.41, 5.74) is 13.8. The van der Waals surface area contributed by atoms with Gasteiger partial charge < -0.3 is 29.1 Å². The number of nitriles is 3. The maximum Gasteiger partial charge on any atom is 3.00 e. The quantitative estimate of drug-likeness (QED) is 0.179. The molecule has 0 fully saturated rings. The summed E-state index contributed by atoms with van der Waals surface area (Å²) in [5, 5.41) is 68.7. The Morgan fingerprint density at radius 1 is 0.582 bits per heavy atom. The van der Waals surface area contributed by atoms with Crippen LogP contribution in [0, 0.1) is 80.4 Å². The van der Waals surface area contributed by atoms with Gasteiger partial charge in [0.25, 0.3) is 0 Å². The molecule has 0 amide bonds. The molecular weight excluding hydrogens is 826 g/mol. The number of hydrogen-bond acceptors (Lipinski definition) is 10. The second-order valence-electron chi connectivity index (χ2n) is 11.2. The molecule has 0 saturated heterocycles. The predicted molar refractivity (Wildman–Crippen MR) is 205 cm³/mol. The molecule has 6 aromatic rings. The third kappa shape index (κ3) is 16.8. The number of nitroso groups, excluding NO2 is 1. The van der Waals surface area contributed by atoms with Gasteiger partial charge in [0.05, 0.1) is 57.3 Å². The molecule has 0 saturated carbocycles. The van der Waals surface area contributed by atoms with Crippen LogP contribution in [0.2, 0.25) is 0 Å². The number of rotatable bonds is 3. The number of nitrogens with zero attached hydrogens (tertiary/aromatic N) is 10. The number of benzene rings is 3. The molecule has 282 valence electrons. The molecule has 18 heteroatoms. The predicted octanol–water partition coefficient (Wildman–Crippen LogP) is 5.29. The van der Waals surface area contributed by atoms with E-state index in [1.807, 2.05) is 39.0 Å². The SMILES string of the molecule is Cc1cc(C)n([BH-](n2nc(C)cc2C)n2nc(C)cc2C)n1.ClCCl.N#Cc1ccc(O)cc1.N#Cc1ccc([O-])cc1.N#Cc1ccc([O-])cc1.[Mo+3].[N]=O. The second kappa shape index (κ2) is 26.0. The van der Waals surface area contributed by atoms with Gasteiger partial charge in [-0.15, -0.1) is 39.6 Å². The third-order valence-corrected chi connectivity index (χ3v) is 7.08. The first-order valence-corrected chi connectivity index (χ1v) is 16.9. The van der Waals surface area contributed by atoms with Crippen LogP contribution in [0.1, 0.15) is 50.9 Å². The summed E-state index contributed by atoms with van der Waals surface area (Å²) in [7, 11) is -1.26. The van der Waals surface area contributed by atoms with Crippen LogP contribution in [0.15, 0.2) is 91.0 Å². The van der Waals surface area contributed by atoms with Crippen LogP contribution >= 0.6 is 23.2 Å². The van der Waals surface area contributed by atoms with Gasteiger partial charge in [-0.05, 0) is 125 Å². The summed E-state index contributed by atoms with van der Waals surface area (Å²) in [4.78, 5) is 7.25. The van der Waals surface area contributed by atoms with Gasteiger partial charge >= 0.3 is 28.2 Å². The van der Waals surface area contributed by atoms with Crippen molar-refractivity contribution in [3.05, 3.63) is 147 Å². The molecule has 0 aliphatic carbocycles. The van der Waals surface area contributed by atoms with Gasteiger partial charge in [-0.25, -0.2) is 15.3 Å². The Bertz CT molecular complexity index is 1910. The van der Waals surface area contributed by atoms with Crippen LogP contribution in [-0.4, -0.2) is 46.6 Å². The Labute approximate surface area is 344 Å². The number of halogens is 2. The van der Waals surface area contributed by atoms with Crippen molar-refractivity contribution in [2.75, 3.05) is 5.34 Å². The molecule has 0 atom stereocenters. The summed E-state index contributed by atoms with van der Waals surface area (Å²) in [5.74, 6) is 0.0667. The largest absolute Gasteiger partial charge is 3.00 e. The van der Waals surface area contributed by atoms with Gasteiger partial charge in [-0.2, -0.15) is 15.8 Å². The number of hydrogen-bond donors (Lipinski definition) is 1. The van der Waals surface area contributed by atoms with Crippen molar-refractivity contribution in [2.45, 2.75) is 41.5 Å². The van der Waals surface area contributed by atoms with E-state index in [0.29, 0.717) is 16.7 Å². The zero-order valence-electron chi connectivity index (χ0n) is 30.9. The summed E-state index contributed by atoms with van der Waals surface area (Å²) >= 11 is 9.53. The Morgan fingerprint density at radius 2 is 0.818 bits per heavy atom. The third-order valence-electron chi connectivity index (χ3n) is 7.08. The van der Waals surface area contributed by atoms with Crippen molar-refractivity contribution in [2.24, 2.45) is 0 Å². The van der Waals surface area contributed by atoms with E-state index in [9.17, 15) is 10.2 Å². The fraction of sp³-hybridized carbons (Fsp3) is 0.189. The summed E-state index contributed by atoms with van der Waals surface area (Å²) in [6.45, 7) is 12.3. The van der Waals surface area contributed by atoms with Crippen molar-refractivity contribution in [3.8, 4) is 35.5 Å². The Balaban J connectivity index is 0.000000741. The van der Waals surface area contributed by atoms with E-state index in [1.54, 1.807) is 12.1 Å². The molecule has 3 aromatic carbocycles. The number of aryl methyl sites for hydroxylation is 6. The Hall–Kier alpha value is -5.91. The average Bonchev–Trinajstić information content (AvgIpc) is 3.80. The van der Waals surface area contributed by atoms with Crippen molar-refractivity contribution >= 4 is 30.3 Å². The van der Waals surface area contributed by atoms with E-state index in [1.165, 1.54) is 60.7 Å². The zero-order chi connectivity index (χ0) is 40.8. The van der Waals surface area contributed by atoms with Crippen molar-refractivity contribution < 1.29 is 36.4 Å². The molecular formula is C37H37BCl2MoN10O4. The van der Waals surface area contributed by atoms with Gasteiger partial charge in [-0.3, -0.25) is 0 Å². The Kier molecular flexibility index (Phi) is 23.2. The average molecular weight is 863 g/mol. The van der Waals surface area contributed by atoms with Crippen molar-refractivity contribution in [3.63, 3.8) is 0 Å². The van der Waals surface area contributed by atoms with Gasteiger partial charge in [0, 0.05) is 0 Å². The Morgan fingerprint density at radius 3 is 1.02 bits per heavy atom. The van der Waals surface area contributed by atoms with Crippen LogP contribution in [0.5, 0.6) is 17.2 Å². The minimum Gasteiger partial charge on any atom is -0.872 e. The van der Waals surface area contributed by atoms with Crippen LogP contribution < -0.4 is 15.8 Å². The first kappa shape index (κ1) is 49.1. The minimum atomic E-state index is -1.26.